The number of benzene rings is 1. The van der Waals surface area contributed by atoms with Crippen molar-refractivity contribution in [3.63, 3.8) is 0 Å². The summed E-state index contributed by atoms with van der Waals surface area (Å²) in [4.78, 5) is 0. The van der Waals surface area contributed by atoms with Crippen LogP contribution in [-0.2, 0) is 5.75 Å². The summed E-state index contributed by atoms with van der Waals surface area (Å²) in [5.41, 5.74) is 1.65. The molecule has 0 unspecified atom stereocenters. The lowest BCUT2D eigenvalue weighted by atomic mass is 10.2. The highest BCUT2D eigenvalue weighted by molar-refractivity contribution is 7.98. The van der Waals surface area contributed by atoms with Crippen LogP contribution >= 0.6 is 11.8 Å². The number of nitrogens with one attached hydrogen (secondary N) is 1. The van der Waals surface area contributed by atoms with Gasteiger partial charge in [0.15, 0.2) is 0 Å². The van der Waals surface area contributed by atoms with Gasteiger partial charge in [0.05, 0.1) is 0 Å². The summed E-state index contributed by atoms with van der Waals surface area (Å²) in [5.74, 6) is 2.02. The second-order valence-corrected chi connectivity index (χ2v) is 4.82. The molecule has 0 atom stereocenters. The molecule has 0 aliphatic rings. The van der Waals surface area contributed by atoms with Gasteiger partial charge in [-0.3, -0.25) is 0 Å². The van der Waals surface area contributed by atoms with Gasteiger partial charge in [0.1, 0.15) is 6.54 Å². The second kappa shape index (κ2) is 6.79. The van der Waals surface area contributed by atoms with Gasteiger partial charge in [0.25, 0.3) is 0 Å². The summed E-state index contributed by atoms with van der Waals surface area (Å²) in [6.07, 6.45) is -3.04. The fourth-order valence-electron chi connectivity index (χ4n) is 1.26. The van der Waals surface area contributed by atoms with Gasteiger partial charge >= 0.3 is 6.18 Å². The Labute approximate surface area is 104 Å². The van der Waals surface area contributed by atoms with Gasteiger partial charge in [-0.05, 0) is 29.9 Å². The molecule has 0 amide bonds. The van der Waals surface area contributed by atoms with Gasteiger partial charge < -0.3 is 5.32 Å². The zero-order chi connectivity index (χ0) is 12.7. The zero-order valence-corrected chi connectivity index (χ0v) is 10.5. The Hall–Kier alpha value is -0.840. The van der Waals surface area contributed by atoms with Crippen molar-refractivity contribution in [2.24, 2.45) is 0 Å². The summed E-state index contributed by atoms with van der Waals surface area (Å²) in [5, 5.41) is 2.35. The quantitative estimate of drug-likeness (QED) is 0.768. The van der Waals surface area contributed by atoms with Crippen LogP contribution in [0.4, 0.5) is 18.9 Å². The van der Waals surface area contributed by atoms with Crippen molar-refractivity contribution in [1.82, 2.24) is 0 Å². The van der Waals surface area contributed by atoms with Crippen molar-refractivity contribution in [3.8, 4) is 0 Å². The molecule has 17 heavy (non-hydrogen) atoms. The number of hydrogen-bond donors (Lipinski definition) is 1. The Morgan fingerprint density at radius 2 is 1.82 bits per heavy atom. The maximum Gasteiger partial charge on any atom is 0.405 e. The number of rotatable bonds is 6. The highest BCUT2D eigenvalue weighted by atomic mass is 32.2. The van der Waals surface area contributed by atoms with Crippen molar-refractivity contribution < 1.29 is 13.2 Å². The standard InChI is InChI=1S/C12H16F3NS/c1-2-7-17-8-10-3-5-11(6-4-10)16-9-12(13,14)15/h3-6,16H,2,7-9H2,1H3. The molecule has 0 saturated carbocycles. The van der Waals surface area contributed by atoms with Crippen LogP contribution in [0.15, 0.2) is 24.3 Å². The molecule has 0 aliphatic carbocycles. The lowest BCUT2D eigenvalue weighted by Gasteiger charge is -2.09. The molecule has 1 aromatic carbocycles. The lowest BCUT2D eigenvalue weighted by Crippen LogP contribution is -2.21. The number of hydrogen-bond acceptors (Lipinski definition) is 2. The van der Waals surface area contributed by atoms with Gasteiger partial charge in [-0.1, -0.05) is 19.1 Å². The molecule has 1 nitrogen and oxygen atoms in total. The van der Waals surface area contributed by atoms with Crippen molar-refractivity contribution in [2.75, 3.05) is 17.6 Å². The van der Waals surface area contributed by atoms with Gasteiger partial charge in [-0.2, -0.15) is 24.9 Å². The molecule has 96 valence electrons. The van der Waals surface area contributed by atoms with E-state index in [4.69, 9.17) is 0 Å². The molecular formula is C12H16F3NS. The van der Waals surface area contributed by atoms with Gasteiger partial charge in [-0.15, -0.1) is 0 Å². The molecule has 1 aromatic rings. The van der Waals surface area contributed by atoms with E-state index in [1.165, 1.54) is 0 Å². The van der Waals surface area contributed by atoms with E-state index in [0.29, 0.717) is 5.69 Å². The molecule has 0 aromatic heterocycles. The number of alkyl halides is 3. The summed E-state index contributed by atoms with van der Waals surface area (Å²) >= 11 is 1.83. The normalized spacial score (nSPS) is 11.5. The summed E-state index contributed by atoms with van der Waals surface area (Å²) in [6.45, 7) is 1.13. The van der Waals surface area contributed by atoms with Crippen molar-refractivity contribution >= 4 is 17.4 Å². The first-order valence-corrected chi connectivity index (χ1v) is 6.64. The minimum atomic E-state index is -4.17. The molecular weight excluding hydrogens is 247 g/mol. The van der Waals surface area contributed by atoms with E-state index in [1.807, 2.05) is 23.9 Å². The third-order valence-electron chi connectivity index (χ3n) is 2.06. The maximum absolute atomic E-state index is 12.0. The Morgan fingerprint density at radius 3 is 2.35 bits per heavy atom. The molecule has 5 heteroatoms. The van der Waals surface area contributed by atoms with E-state index in [0.717, 1.165) is 23.5 Å². The molecule has 0 heterocycles. The van der Waals surface area contributed by atoms with Crippen molar-refractivity contribution in [2.45, 2.75) is 25.3 Å². The summed E-state index contributed by atoms with van der Waals surface area (Å²) in [6, 6.07) is 7.10. The minimum absolute atomic E-state index is 0.506. The van der Waals surface area contributed by atoms with Crippen LogP contribution < -0.4 is 5.32 Å². The summed E-state index contributed by atoms with van der Waals surface area (Å²) in [7, 11) is 0. The van der Waals surface area contributed by atoms with Crippen LogP contribution in [0, 0.1) is 0 Å². The largest absolute Gasteiger partial charge is 0.405 e. The first-order chi connectivity index (χ1) is 8.01. The van der Waals surface area contributed by atoms with E-state index in [-0.39, 0.29) is 0 Å². The van der Waals surface area contributed by atoms with E-state index in [2.05, 4.69) is 12.2 Å². The molecule has 0 fully saturated rings. The fraction of sp³-hybridized carbons (Fsp3) is 0.500. The first-order valence-electron chi connectivity index (χ1n) is 5.48. The molecule has 0 aliphatic heterocycles. The van der Waals surface area contributed by atoms with E-state index in [1.54, 1.807) is 12.1 Å². The van der Waals surface area contributed by atoms with Crippen molar-refractivity contribution in [1.29, 1.82) is 0 Å². The average Bonchev–Trinajstić information content (AvgIpc) is 2.27. The van der Waals surface area contributed by atoms with Gasteiger partial charge in [0.2, 0.25) is 0 Å². The van der Waals surface area contributed by atoms with Crippen LogP contribution in [-0.4, -0.2) is 18.5 Å². The Morgan fingerprint density at radius 1 is 1.18 bits per heavy atom. The van der Waals surface area contributed by atoms with Gasteiger partial charge in [0, 0.05) is 11.4 Å². The monoisotopic (exact) mass is 263 g/mol. The second-order valence-electron chi connectivity index (χ2n) is 3.72. The van der Waals surface area contributed by atoms with Crippen LogP contribution in [0.2, 0.25) is 0 Å². The predicted octanol–water partition coefficient (Wildman–Crippen LogP) is 4.30. The van der Waals surface area contributed by atoms with E-state index < -0.39 is 12.7 Å². The topological polar surface area (TPSA) is 12.0 Å². The SMILES string of the molecule is CCCSCc1ccc(NCC(F)(F)F)cc1. The lowest BCUT2D eigenvalue weighted by molar-refractivity contribution is -0.115. The maximum atomic E-state index is 12.0. The van der Waals surface area contributed by atoms with Gasteiger partial charge in [-0.25, -0.2) is 0 Å². The average molecular weight is 263 g/mol. The zero-order valence-electron chi connectivity index (χ0n) is 9.68. The number of anilines is 1. The third kappa shape index (κ3) is 6.46. The Balaban J connectivity index is 2.39. The van der Waals surface area contributed by atoms with Crippen LogP contribution in [0.3, 0.4) is 0 Å². The molecule has 0 spiro atoms. The first kappa shape index (κ1) is 14.2. The molecule has 0 saturated heterocycles. The van der Waals surface area contributed by atoms with Crippen LogP contribution in [0.1, 0.15) is 18.9 Å². The summed E-state index contributed by atoms with van der Waals surface area (Å²) < 4.78 is 35.9. The van der Waals surface area contributed by atoms with Crippen LogP contribution in [0.5, 0.6) is 0 Å². The molecule has 1 rings (SSSR count). The third-order valence-corrected chi connectivity index (χ3v) is 3.30. The molecule has 1 N–H and O–H groups in total. The van der Waals surface area contributed by atoms with Crippen LogP contribution in [0.25, 0.3) is 0 Å². The predicted molar refractivity (Wildman–Crippen MR) is 67.4 cm³/mol. The smallest absolute Gasteiger partial charge is 0.376 e. The Kier molecular flexibility index (Phi) is 5.68. The Bertz CT molecular complexity index is 322. The highest BCUT2D eigenvalue weighted by Gasteiger charge is 2.26. The van der Waals surface area contributed by atoms with E-state index in [9.17, 15) is 13.2 Å². The van der Waals surface area contributed by atoms with Crippen molar-refractivity contribution in [3.05, 3.63) is 29.8 Å². The molecule has 0 bridgehead atoms. The molecule has 0 radical (unpaired) electrons. The fourth-order valence-corrected chi connectivity index (χ4v) is 2.12. The number of halogens is 3. The highest BCUT2D eigenvalue weighted by Crippen LogP contribution is 2.18. The minimum Gasteiger partial charge on any atom is -0.376 e. The van der Waals surface area contributed by atoms with E-state index >= 15 is 0 Å². The number of thioether (sulfide) groups is 1.